The summed E-state index contributed by atoms with van der Waals surface area (Å²) in [6, 6.07) is 14.8. The Bertz CT molecular complexity index is 765. The summed E-state index contributed by atoms with van der Waals surface area (Å²) in [5, 5.41) is 2.57. The summed E-state index contributed by atoms with van der Waals surface area (Å²) in [5.41, 5.74) is 2.48. The minimum atomic E-state index is -0.133. The molecule has 5 nitrogen and oxygen atoms in total. The standard InChI is InChI=1S/C21H24N2O3/c1-4-26-19-12-7-17(8-13-19)15-23(3)20(24)14-9-16-5-10-18(11-6-16)21(25)22-2/h5-14H,4,15H2,1-3H3,(H,22,25)/b14-9+. The van der Waals surface area contributed by atoms with E-state index >= 15 is 0 Å². The van der Waals surface area contributed by atoms with Crippen molar-refractivity contribution in [3.05, 3.63) is 71.3 Å². The number of hydrogen-bond donors (Lipinski definition) is 1. The molecule has 0 fully saturated rings. The van der Waals surface area contributed by atoms with E-state index in [-0.39, 0.29) is 11.8 Å². The fraction of sp³-hybridized carbons (Fsp3) is 0.238. The van der Waals surface area contributed by atoms with E-state index in [2.05, 4.69) is 5.32 Å². The highest BCUT2D eigenvalue weighted by atomic mass is 16.5. The molecule has 2 rings (SSSR count). The molecule has 5 heteroatoms. The zero-order valence-electron chi connectivity index (χ0n) is 15.4. The van der Waals surface area contributed by atoms with Crippen LogP contribution in [0, 0.1) is 0 Å². The van der Waals surface area contributed by atoms with E-state index in [0.717, 1.165) is 16.9 Å². The molecule has 0 saturated heterocycles. The van der Waals surface area contributed by atoms with Crippen molar-refractivity contribution in [1.82, 2.24) is 10.2 Å². The minimum absolute atomic E-state index is 0.0886. The van der Waals surface area contributed by atoms with Gasteiger partial charge in [-0.15, -0.1) is 0 Å². The van der Waals surface area contributed by atoms with Gasteiger partial charge in [-0.05, 0) is 48.4 Å². The molecule has 0 aromatic heterocycles. The summed E-state index contributed by atoms with van der Waals surface area (Å²) in [4.78, 5) is 25.4. The Morgan fingerprint density at radius 1 is 1.08 bits per heavy atom. The van der Waals surface area contributed by atoms with Crippen LogP contribution in [0.25, 0.3) is 6.08 Å². The van der Waals surface area contributed by atoms with E-state index in [0.29, 0.717) is 18.7 Å². The van der Waals surface area contributed by atoms with Crippen molar-refractivity contribution < 1.29 is 14.3 Å². The molecule has 2 aromatic rings. The maximum atomic E-state index is 12.3. The van der Waals surface area contributed by atoms with Crippen molar-refractivity contribution in [2.24, 2.45) is 0 Å². The average molecular weight is 352 g/mol. The van der Waals surface area contributed by atoms with Crippen molar-refractivity contribution in [2.75, 3.05) is 20.7 Å². The van der Waals surface area contributed by atoms with E-state index in [1.165, 1.54) is 6.08 Å². The van der Waals surface area contributed by atoms with Gasteiger partial charge in [0.05, 0.1) is 6.61 Å². The lowest BCUT2D eigenvalue weighted by molar-refractivity contribution is -0.125. The van der Waals surface area contributed by atoms with Gasteiger partial charge in [-0.1, -0.05) is 24.3 Å². The number of nitrogens with zero attached hydrogens (tertiary/aromatic N) is 1. The van der Waals surface area contributed by atoms with Crippen LogP contribution in [0.1, 0.15) is 28.4 Å². The molecule has 0 heterocycles. The Labute approximate surface area is 154 Å². The van der Waals surface area contributed by atoms with Gasteiger partial charge in [-0.25, -0.2) is 0 Å². The number of benzene rings is 2. The summed E-state index contributed by atoms with van der Waals surface area (Å²) < 4.78 is 5.41. The number of hydrogen-bond acceptors (Lipinski definition) is 3. The molecule has 26 heavy (non-hydrogen) atoms. The van der Waals surface area contributed by atoms with E-state index in [9.17, 15) is 9.59 Å². The molecule has 0 unspecified atom stereocenters. The summed E-state index contributed by atoms with van der Waals surface area (Å²) >= 11 is 0. The van der Waals surface area contributed by atoms with E-state index in [4.69, 9.17) is 4.74 Å². The molecule has 2 amide bonds. The average Bonchev–Trinajstić information content (AvgIpc) is 2.67. The first kappa shape index (κ1) is 19.2. The number of likely N-dealkylation sites (N-methyl/N-ethyl adjacent to an activating group) is 1. The molecule has 2 aromatic carbocycles. The number of amides is 2. The van der Waals surface area contributed by atoms with Crippen LogP contribution in [-0.4, -0.2) is 37.4 Å². The predicted octanol–water partition coefficient (Wildman–Crippen LogP) is 3.12. The van der Waals surface area contributed by atoms with Crippen LogP contribution in [0.3, 0.4) is 0 Å². The Morgan fingerprint density at radius 3 is 2.31 bits per heavy atom. The summed E-state index contributed by atoms with van der Waals surface area (Å²) in [7, 11) is 3.35. The zero-order valence-corrected chi connectivity index (χ0v) is 15.4. The SMILES string of the molecule is CCOc1ccc(CN(C)C(=O)/C=C/c2ccc(C(=O)NC)cc2)cc1. The van der Waals surface area contributed by atoms with Gasteiger partial charge in [-0.3, -0.25) is 9.59 Å². The number of ether oxygens (including phenoxy) is 1. The number of carbonyl (C=O) groups is 2. The molecule has 0 aliphatic heterocycles. The summed E-state index contributed by atoms with van der Waals surface area (Å²) in [6.45, 7) is 3.09. The lowest BCUT2D eigenvalue weighted by atomic mass is 10.1. The fourth-order valence-electron chi connectivity index (χ4n) is 2.39. The van der Waals surface area contributed by atoms with Crippen LogP contribution >= 0.6 is 0 Å². The molecule has 0 aliphatic carbocycles. The Balaban J connectivity index is 1.93. The highest BCUT2D eigenvalue weighted by molar-refractivity contribution is 5.94. The molecule has 0 atom stereocenters. The monoisotopic (exact) mass is 352 g/mol. The molecule has 0 bridgehead atoms. The largest absolute Gasteiger partial charge is 0.494 e. The van der Waals surface area contributed by atoms with Gasteiger partial charge in [0.15, 0.2) is 0 Å². The first-order valence-electron chi connectivity index (χ1n) is 8.50. The maximum absolute atomic E-state index is 12.3. The molecule has 0 radical (unpaired) electrons. The molecule has 0 saturated carbocycles. The second kappa shape index (κ2) is 9.42. The van der Waals surface area contributed by atoms with Crippen LogP contribution in [0.4, 0.5) is 0 Å². The molecule has 136 valence electrons. The minimum Gasteiger partial charge on any atom is -0.494 e. The molecule has 1 N–H and O–H groups in total. The van der Waals surface area contributed by atoms with Crippen LogP contribution in [0.15, 0.2) is 54.6 Å². The Kier molecular flexibility index (Phi) is 6.97. The maximum Gasteiger partial charge on any atom is 0.251 e. The van der Waals surface area contributed by atoms with Crippen molar-refractivity contribution in [3.8, 4) is 5.75 Å². The van der Waals surface area contributed by atoms with Crippen molar-refractivity contribution >= 4 is 17.9 Å². The third-order valence-corrected chi connectivity index (χ3v) is 3.85. The lowest BCUT2D eigenvalue weighted by Gasteiger charge is -2.15. The van der Waals surface area contributed by atoms with Gasteiger partial charge in [0.1, 0.15) is 5.75 Å². The quantitative estimate of drug-likeness (QED) is 0.779. The van der Waals surface area contributed by atoms with Gasteiger partial charge in [-0.2, -0.15) is 0 Å². The van der Waals surface area contributed by atoms with Gasteiger partial charge in [0, 0.05) is 32.3 Å². The van der Waals surface area contributed by atoms with Crippen LogP contribution in [0.5, 0.6) is 5.75 Å². The van der Waals surface area contributed by atoms with Crippen molar-refractivity contribution in [2.45, 2.75) is 13.5 Å². The Morgan fingerprint density at radius 2 is 1.73 bits per heavy atom. The highest BCUT2D eigenvalue weighted by Crippen LogP contribution is 2.13. The highest BCUT2D eigenvalue weighted by Gasteiger charge is 2.06. The van der Waals surface area contributed by atoms with E-state index < -0.39 is 0 Å². The second-order valence-electron chi connectivity index (χ2n) is 5.81. The van der Waals surface area contributed by atoms with Gasteiger partial charge in [0.25, 0.3) is 5.91 Å². The predicted molar refractivity (Wildman–Crippen MR) is 103 cm³/mol. The number of rotatable bonds is 7. The normalized spacial score (nSPS) is 10.6. The van der Waals surface area contributed by atoms with Gasteiger partial charge < -0.3 is 15.0 Å². The van der Waals surface area contributed by atoms with Crippen molar-refractivity contribution in [1.29, 1.82) is 0 Å². The summed E-state index contributed by atoms with van der Waals surface area (Å²) in [6.07, 6.45) is 3.27. The molecule has 0 aliphatic rings. The third-order valence-electron chi connectivity index (χ3n) is 3.85. The van der Waals surface area contributed by atoms with E-state index in [1.54, 1.807) is 49.3 Å². The van der Waals surface area contributed by atoms with Crippen LogP contribution in [0.2, 0.25) is 0 Å². The zero-order chi connectivity index (χ0) is 18.9. The van der Waals surface area contributed by atoms with Gasteiger partial charge >= 0.3 is 0 Å². The topological polar surface area (TPSA) is 58.6 Å². The molecule has 0 spiro atoms. The Hall–Kier alpha value is -3.08. The van der Waals surface area contributed by atoms with Gasteiger partial charge in [0.2, 0.25) is 5.91 Å². The first-order chi connectivity index (χ1) is 12.5. The number of nitrogens with one attached hydrogen (secondary N) is 1. The van der Waals surface area contributed by atoms with Crippen LogP contribution < -0.4 is 10.1 Å². The fourth-order valence-corrected chi connectivity index (χ4v) is 2.39. The molecular weight excluding hydrogens is 328 g/mol. The van der Waals surface area contributed by atoms with Crippen LogP contribution in [-0.2, 0) is 11.3 Å². The molecular formula is C21H24N2O3. The third kappa shape index (κ3) is 5.48. The second-order valence-corrected chi connectivity index (χ2v) is 5.81. The number of carbonyl (C=O) groups excluding carboxylic acids is 2. The van der Waals surface area contributed by atoms with Crippen molar-refractivity contribution in [3.63, 3.8) is 0 Å². The van der Waals surface area contributed by atoms with E-state index in [1.807, 2.05) is 31.2 Å². The smallest absolute Gasteiger partial charge is 0.251 e. The first-order valence-corrected chi connectivity index (χ1v) is 8.50. The summed E-state index contributed by atoms with van der Waals surface area (Å²) in [5.74, 6) is 0.603. The lowest BCUT2D eigenvalue weighted by Crippen LogP contribution is -2.24.